The molecule has 3 aliphatic rings. The number of carbonyl (C=O) groups is 1. The number of rotatable bonds is 4. The Morgan fingerprint density at radius 1 is 1.43 bits per heavy atom. The number of hydrogen-bond acceptors (Lipinski definition) is 5. The highest BCUT2D eigenvalue weighted by molar-refractivity contribution is 5.86. The van der Waals surface area contributed by atoms with Crippen LogP contribution in [0.15, 0.2) is 4.42 Å². The molecule has 4 rings (SSSR count). The first-order chi connectivity index (χ1) is 10.1. The van der Waals surface area contributed by atoms with Crippen LogP contribution in [0.2, 0.25) is 0 Å². The summed E-state index contributed by atoms with van der Waals surface area (Å²) in [5.74, 6) is 1.16. The lowest BCUT2D eigenvalue weighted by molar-refractivity contribution is -0.0289. The number of aryl methyl sites for hydroxylation is 1. The summed E-state index contributed by atoms with van der Waals surface area (Å²) < 4.78 is 5.14. The lowest BCUT2D eigenvalue weighted by Gasteiger charge is -2.53. The van der Waals surface area contributed by atoms with E-state index in [2.05, 4.69) is 32.7 Å². The Kier molecular flexibility index (Phi) is 3.84. The number of carbonyl (C=O) groups excluding carboxylic acids is 1. The Labute approximate surface area is 124 Å². The third kappa shape index (κ3) is 2.88. The van der Waals surface area contributed by atoms with Crippen molar-refractivity contribution >= 4 is 12.0 Å². The van der Waals surface area contributed by atoms with E-state index in [4.69, 9.17) is 4.42 Å². The molecule has 3 aliphatic heterocycles. The highest BCUT2D eigenvalue weighted by Crippen LogP contribution is 2.44. The second-order valence-electron chi connectivity index (χ2n) is 6.20. The van der Waals surface area contributed by atoms with E-state index in [1.54, 1.807) is 6.92 Å². The van der Waals surface area contributed by atoms with Crippen molar-refractivity contribution in [2.75, 3.05) is 31.5 Å². The average molecular weight is 293 g/mol. The molecule has 0 unspecified atom stereocenters. The summed E-state index contributed by atoms with van der Waals surface area (Å²) in [7, 11) is 0. The second kappa shape index (κ2) is 5.63. The zero-order valence-corrected chi connectivity index (χ0v) is 12.7. The van der Waals surface area contributed by atoms with Gasteiger partial charge in [0.25, 0.3) is 0 Å². The van der Waals surface area contributed by atoms with E-state index in [1.807, 2.05) is 0 Å². The predicted octanol–water partition coefficient (Wildman–Crippen LogP) is 1.62. The molecule has 1 atom stereocenters. The van der Waals surface area contributed by atoms with Gasteiger partial charge >= 0.3 is 12.0 Å². The van der Waals surface area contributed by atoms with Gasteiger partial charge in [-0.05, 0) is 38.3 Å². The maximum absolute atomic E-state index is 12.0. The highest BCUT2D eigenvalue weighted by Gasteiger charge is 2.45. The summed E-state index contributed by atoms with van der Waals surface area (Å²) in [5.41, 5.74) is 0.207. The molecular weight excluding hydrogens is 270 g/mol. The summed E-state index contributed by atoms with van der Waals surface area (Å²) in [4.78, 5) is 14.5. The molecule has 2 N–H and O–H groups in total. The third-order valence-corrected chi connectivity index (χ3v) is 5.04. The quantitative estimate of drug-likeness (QED) is 0.881. The van der Waals surface area contributed by atoms with Crippen molar-refractivity contribution in [3.63, 3.8) is 0 Å². The normalized spacial score (nSPS) is 31.1. The van der Waals surface area contributed by atoms with Gasteiger partial charge in [-0.2, -0.15) is 0 Å². The monoisotopic (exact) mass is 293 g/mol. The number of anilines is 1. The SMILES string of the molecule is CC[C@@]1(CNC(=O)Nc2nnc(C)o2)CN2CCC1CC2. The van der Waals surface area contributed by atoms with Gasteiger partial charge in [0.2, 0.25) is 5.89 Å². The summed E-state index contributed by atoms with van der Waals surface area (Å²) in [6.07, 6.45) is 3.59. The highest BCUT2D eigenvalue weighted by atomic mass is 16.4. The lowest BCUT2D eigenvalue weighted by Crippen LogP contribution is -2.58. The van der Waals surface area contributed by atoms with Crippen molar-refractivity contribution < 1.29 is 9.21 Å². The molecule has 0 aliphatic carbocycles. The van der Waals surface area contributed by atoms with Gasteiger partial charge in [-0.15, -0.1) is 5.10 Å². The van der Waals surface area contributed by atoms with E-state index in [-0.39, 0.29) is 17.5 Å². The van der Waals surface area contributed by atoms with E-state index >= 15 is 0 Å². The lowest BCUT2D eigenvalue weighted by atomic mass is 9.65. The molecule has 2 amide bonds. The predicted molar refractivity (Wildman–Crippen MR) is 77.9 cm³/mol. The van der Waals surface area contributed by atoms with E-state index in [1.165, 1.54) is 25.9 Å². The topological polar surface area (TPSA) is 83.3 Å². The Bertz CT molecular complexity index is 509. The molecular formula is C14H23N5O2. The summed E-state index contributed by atoms with van der Waals surface area (Å²) in [5, 5.41) is 13.0. The summed E-state index contributed by atoms with van der Waals surface area (Å²) >= 11 is 0. The Hall–Kier alpha value is -1.63. The van der Waals surface area contributed by atoms with Crippen LogP contribution in [0.4, 0.5) is 10.8 Å². The van der Waals surface area contributed by atoms with Gasteiger partial charge in [-0.3, -0.25) is 5.32 Å². The molecule has 0 saturated carbocycles. The standard InChI is InChI=1S/C14H23N5O2/c1-3-14(9-19-6-4-11(14)5-7-19)8-15-12(20)16-13-18-17-10(2)21-13/h11H,3-9H2,1-2H3,(H2,15,16,18,20)/t14-/m1/s1. The van der Waals surface area contributed by atoms with Crippen LogP contribution >= 0.6 is 0 Å². The van der Waals surface area contributed by atoms with Gasteiger partial charge < -0.3 is 14.6 Å². The van der Waals surface area contributed by atoms with Crippen LogP contribution in [-0.4, -0.2) is 47.3 Å². The zero-order valence-electron chi connectivity index (χ0n) is 12.7. The number of aromatic nitrogens is 2. The van der Waals surface area contributed by atoms with Gasteiger partial charge in [-0.1, -0.05) is 12.0 Å². The van der Waals surface area contributed by atoms with E-state index in [0.717, 1.165) is 18.9 Å². The molecule has 0 aromatic carbocycles. The molecule has 0 spiro atoms. The maximum atomic E-state index is 12.0. The van der Waals surface area contributed by atoms with Crippen molar-refractivity contribution in [3.05, 3.63) is 5.89 Å². The fourth-order valence-corrected chi connectivity index (χ4v) is 3.75. The fourth-order valence-electron chi connectivity index (χ4n) is 3.75. The molecule has 21 heavy (non-hydrogen) atoms. The average Bonchev–Trinajstić information content (AvgIpc) is 2.91. The molecule has 7 nitrogen and oxygen atoms in total. The molecule has 1 aromatic heterocycles. The molecule has 2 bridgehead atoms. The van der Waals surface area contributed by atoms with Crippen LogP contribution in [0.25, 0.3) is 0 Å². The van der Waals surface area contributed by atoms with Gasteiger partial charge in [0.1, 0.15) is 0 Å². The van der Waals surface area contributed by atoms with Crippen molar-refractivity contribution in [2.45, 2.75) is 33.1 Å². The number of piperidine rings is 3. The molecule has 1 aromatic rings. The van der Waals surface area contributed by atoms with Crippen molar-refractivity contribution in [3.8, 4) is 0 Å². The van der Waals surface area contributed by atoms with E-state index < -0.39 is 0 Å². The van der Waals surface area contributed by atoms with Crippen molar-refractivity contribution in [1.29, 1.82) is 0 Å². The zero-order chi connectivity index (χ0) is 14.9. The third-order valence-electron chi connectivity index (χ3n) is 5.04. The van der Waals surface area contributed by atoms with Crippen LogP contribution in [0.1, 0.15) is 32.1 Å². The van der Waals surface area contributed by atoms with Crippen LogP contribution in [0.3, 0.4) is 0 Å². The van der Waals surface area contributed by atoms with Crippen molar-refractivity contribution in [2.24, 2.45) is 11.3 Å². The number of nitrogens with one attached hydrogen (secondary N) is 2. The molecule has 3 fully saturated rings. The molecule has 0 radical (unpaired) electrons. The molecule has 7 heteroatoms. The Balaban J connectivity index is 1.56. The van der Waals surface area contributed by atoms with Gasteiger partial charge in [0.15, 0.2) is 0 Å². The second-order valence-corrected chi connectivity index (χ2v) is 6.20. The van der Waals surface area contributed by atoms with E-state index in [9.17, 15) is 4.79 Å². The molecule has 4 heterocycles. The largest absolute Gasteiger partial charge is 0.408 e. The Morgan fingerprint density at radius 2 is 2.19 bits per heavy atom. The summed E-state index contributed by atoms with van der Waals surface area (Å²) in [6.45, 7) is 8.12. The minimum Gasteiger partial charge on any atom is -0.408 e. The van der Waals surface area contributed by atoms with Gasteiger partial charge in [-0.25, -0.2) is 4.79 Å². The smallest absolute Gasteiger partial charge is 0.323 e. The number of hydrogen-bond donors (Lipinski definition) is 2. The van der Waals surface area contributed by atoms with Crippen molar-refractivity contribution in [1.82, 2.24) is 20.4 Å². The van der Waals surface area contributed by atoms with E-state index in [0.29, 0.717) is 12.4 Å². The van der Waals surface area contributed by atoms with Gasteiger partial charge in [0.05, 0.1) is 0 Å². The minimum atomic E-state index is -0.275. The number of urea groups is 1. The summed E-state index contributed by atoms with van der Waals surface area (Å²) in [6, 6.07) is -0.132. The first-order valence-electron chi connectivity index (χ1n) is 7.68. The van der Waals surface area contributed by atoms with Gasteiger partial charge in [0, 0.05) is 25.4 Å². The van der Waals surface area contributed by atoms with Crippen LogP contribution in [0.5, 0.6) is 0 Å². The number of amides is 2. The maximum Gasteiger partial charge on any atom is 0.323 e. The molecule has 116 valence electrons. The first-order valence-corrected chi connectivity index (χ1v) is 7.68. The number of nitrogens with zero attached hydrogens (tertiary/aromatic N) is 3. The fraction of sp³-hybridized carbons (Fsp3) is 0.786. The minimum absolute atomic E-state index is 0.143. The first kappa shape index (κ1) is 14.3. The Morgan fingerprint density at radius 3 is 2.71 bits per heavy atom. The van der Waals surface area contributed by atoms with Crippen LogP contribution in [0, 0.1) is 18.3 Å². The van der Waals surface area contributed by atoms with Crippen LogP contribution < -0.4 is 10.6 Å². The van der Waals surface area contributed by atoms with Crippen LogP contribution in [-0.2, 0) is 0 Å². The number of fused-ring (bicyclic) bond motifs is 3. The molecule has 3 saturated heterocycles.